The molecule has 0 saturated carbocycles. The molecule has 0 bridgehead atoms. The van der Waals surface area contributed by atoms with E-state index < -0.39 is 0 Å². The monoisotopic (exact) mass is 283 g/mol. The van der Waals surface area contributed by atoms with Gasteiger partial charge in [0.15, 0.2) is 0 Å². The summed E-state index contributed by atoms with van der Waals surface area (Å²) >= 11 is 2.76. The summed E-state index contributed by atoms with van der Waals surface area (Å²) in [6.07, 6.45) is 3.31. The molecule has 0 aliphatic rings. The van der Waals surface area contributed by atoms with Gasteiger partial charge in [-0.25, -0.2) is 9.78 Å². The number of carbonyl (C=O) groups is 1. The normalized spacial score (nSPS) is 12.1. The van der Waals surface area contributed by atoms with Gasteiger partial charge < -0.3 is 4.90 Å². The summed E-state index contributed by atoms with van der Waals surface area (Å²) in [5.41, 5.74) is 0. The minimum absolute atomic E-state index is 0.163. The van der Waals surface area contributed by atoms with Gasteiger partial charge in [-0.05, 0) is 0 Å². The van der Waals surface area contributed by atoms with Gasteiger partial charge in [0, 0.05) is 42.6 Å². The predicted molar refractivity (Wildman–Crippen MR) is 72.1 cm³/mol. The van der Waals surface area contributed by atoms with E-state index >= 15 is 0 Å². The average Bonchev–Trinajstić information content (AvgIpc) is 3.01. The van der Waals surface area contributed by atoms with E-state index in [0.29, 0.717) is 11.5 Å². The first-order valence-corrected chi connectivity index (χ1v) is 7.01. The Morgan fingerprint density at radius 3 is 3.06 bits per heavy atom. The summed E-state index contributed by atoms with van der Waals surface area (Å²) in [6.45, 7) is 2.67. The van der Waals surface area contributed by atoms with Crippen LogP contribution in [0.1, 0.15) is 17.8 Å². The lowest BCUT2D eigenvalue weighted by atomic mass is 10.2. The number of likely N-dealkylation sites (N-methyl/N-ethyl adjacent to an activating group) is 1. The largest absolute Gasteiger partial charge is 0.327 e. The van der Waals surface area contributed by atoms with E-state index in [1.165, 1.54) is 6.20 Å². The maximum absolute atomic E-state index is 11.9. The second kappa shape index (κ2) is 5.87. The predicted octanol–water partition coefficient (Wildman–Crippen LogP) is 2.26. The molecule has 2 aromatic rings. The molecule has 0 aromatic carbocycles. The number of anilines is 1. The third-order valence-corrected chi connectivity index (χ3v) is 3.95. The van der Waals surface area contributed by atoms with Crippen LogP contribution in [0, 0.1) is 0 Å². The number of thiazole rings is 1. The van der Waals surface area contributed by atoms with E-state index in [4.69, 9.17) is 0 Å². The summed E-state index contributed by atoms with van der Waals surface area (Å²) in [5.74, 6) is 0.223. The van der Waals surface area contributed by atoms with Crippen molar-refractivity contribution in [1.82, 2.24) is 19.5 Å². The molecule has 0 aliphatic carbocycles. The molecule has 2 rings (SSSR count). The zero-order chi connectivity index (χ0) is 13.0. The molecule has 0 saturated heterocycles. The number of amides is 2. The molecule has 8 heteroatoms. The quantitative estimate of drug-likeness (QED) is 0.934. The SMILES string of the molecule is CC(CN(C)C(=O)Nc1cnns1)c1nccs1. The standard InChI is InChI=1S/C10H13N5OS2/c1-7(9-11-3-4-17-9)6-15(2)10(16)13-8-5-12-14-18-8/h3-5,7H,6H2,1-2H3,(H,13,16). The van der Waals surface area contributed by atoms with Crippen LogP contribution in [0.15, 0.2) is 17.8 Å². The maximum atomic E-state index is 11.9. The zero-order valence-electron chi connectivity index (χ0n) is 10.0. The number of aromatic nitrogens is 3. The van der Waals surface area contributed by atoms with Crippen LogP contribution in [-0.4, -0.2) is 39.1 Å². The zero-order valence-corrected chi connectivity index (χ0v) is 11.7. The van der Waals surface area contributed by atoms with Crippen molar-refractivity contribution >= 4 is 33.9 Å². The lowest BCUT2D eigenvalue weighted by molar-refractivity contribution is 0.220. The molecule has 0 spiro atoms. The van der Waals surface area contributed by atoms with Gasteiger partial charge in [0.25, 0.3) is 0 Å². The van der Waals surface area contributed by atoms with Crippen molar-refractivity contribution in [2.45, 2.75) is 12.8 Å². The smallest absolute Gasteiger partial charge is 0.322 e. The highest BCUT2D eigenvalue weighted by molar-refractivity contribution is 7.10. The van der Waals surface area contributed by atoms with Gasteiger partial charge >= 0.3 is 6.03 Å². The average molecular weight is 283 g/mol. The molecule has 1 N–H and O–H groups in total. The fourth-order valence-electron chi connectivity index (χ4n) is 1.47. The van der Waals surface area contributed by atoms with Crippen LogP contribution in [0.5, 0.6) is 0 Å². The summed E-state index contributed by atoms with van der Waals surface area (Å²) in [7, 11) is 1.76. The molecule has 1 unspecified atom stereocenters. The van der Waals surface area contributed by atoms with Crippen molar-refractivity contribution in [1.29, 1.82) is 0 Å². The molecular weight excluding hydrogens is 270 g/mol. The van der Waals surface area contributed by atoms with Crippen LogP contribution in [-0.2, 0) is 0 Å². The van der Waals surface area contributed by atoms with Crippen LogP contribution in [0.4, 0.5) is 9.80 Å². The van der Waals surface area contributed by atoms with E-state index in [1.807, 2.05) is 5.38 Å². The van der Waals surface area contributed by atoms with E-state index in [1.54, 1.807) is 29.5 Å². The number of carbonyl (C=O) groups excluding carboxylic acids is 1. The molecule has 2 amide bonds. The summed E-state index contributed by atoms with van der Waals surface area (Å²) in [6, 6.07) is -0.163. The van der Waals surface area contributed by atoms with E-state index in [9.17, 15) is 4.79 Å². The third-order valence-electron chi connectivity index (χ3n) is 2.36. The van der Waals surface area contributed by atoms with Crippen LogP contribution in [0.3, 0.4) is 0 Å². The van der Waals surface area contributed by atoms with Gasteiger partial charge in [-0.2, -0.15) is 0 Å². The van der Waals surface area contributed by atoms with Crippen molar-refractivity contribution in [2.75, 3.05) is 18.9 Å². The molecule has 0 aliphatic heterocycles. The van der Waals surface area contributed by atoms with E-state index in [2.05, 4.69) is 26.8 Å². The third kappa shape index (κ3) is 3.23. The minimum Gasteiger partial charge on any atom is -0.327 e. The van der Waals surface area contributed by atoms with Crippen LogP contribution >= 0.6 is 22.9 Å². The first-order chi connectivity index (χ1) is 8.66. The Balaban J connectivity index is 1.87. The molecular formula is C10H13N5OS2. The molecule has 96 valence electrons. The van der Waals surface area contributed by atoms with Crippen LogP contribution in [0.25, 0.3) is 0 Å². The Labute approximate surface area is 113 Å². The van der Waals surface area contributed by atoms with Crippen LogP contribution in [0.2, 0.25) is 0 Å². The van der Waals surface area contributed by atoms with Gasteiger partial charge in [0.1, 0.15) is 5.00 Å². The number of nitrogens with zero attached hydrogens (tertiary/aromatic N) is 4. The summed E-state index contributed by atoms with van der Waals surface area (Å²) in [4.78, 5) is 17.7. The van der Waals surface area contributed by atoms with E-state index in [-0.39, 0.29) is 11.9 Å². The molecule has 0 radical (unpaired) electrons. The highest BCUT2D eigenvalue weighted by Gasteiger charge is 2.15. The molecule has 1 atom stereocenters. The topological polar surface area (TPSA) is 71.0 Å². The van der Waals surface area contributed by atoms with Gasteiger partial charge in [-0.1, -0.05) is 11.4 Å². The Morgan fingerprint density at radius 1 is 1.61 bits per heavy atom. The highest BCUT2D eigenvalue weighted by Crippen LogP contribution is 2.18. The molecule has 6 nitrogen and oxygen atoms in total. The van der Waals surface area contributed by atoms with Gasteiger partial charge in [-0.15, -0.1) is 16.4 Å². The summed E-state index contributed by atoms with van der Waals surface area (Å²) < 4.78 is 3.69. The number of nitrogens with one attached hydrogen (secondary N) is 1. The fourth-order valence-corrected chi connectivity index (χ4v) is 2.57. The fraction of sp³-hybridized carbons (Fsp3) is 0.400. The number of hydrogen-bond donors (Lipinski definition) is 1. The van der Waals surface area contributed by atoms with Gasteiger partial charge in [0.2, 0.25) is 0 Å². The first-order valence-electron chi connectivity index (χ1n) is 5.35. The van der Waals surface area contributed by atoms with Crippen LogP contribution < -0.4 is 5.32 Å². The van der Waals surface area contributed by atoms with Gasteiger partial charge in [0.05, 0.1) is 11.2 Å². The van der Waals surface area contributed by atoms with Crippen molar-refractivity contribution in [2.24, 2.45) is 0 Å². The lowest BCUT2D eigenvalue weighted by Crippen LogP contribution is -2.33. The second-order valence-corrected chi connectivity index (χ2v) is 5.58. The molecule has 2 heterocycles. The highest BCUT2D eigenvalue weighted by atomic mass is 32.1. The molecule has 18 heavy (non-hydrogen) atoms. The molecule has 2 aromatic heterocycles. The first kappa shape index (κ1) is 12.9. The van der Waals surface area contributed by atoms with Crippen molar-refractivity contribution in [3.8, 4) is 0 Å². The lowest BCUT2D eigenvalue weighted by Gasteiger charge is -2.20. The molecule has 0 fully saturated rings. The Hall–Kier alpha value is -1.54. The Bertz CT molecular complexity index is 484. The number of hydrogen-bond acceptors (Lipinski definition) is 6. The van der Waals surface area contributed by atoms with Crippen molar-refractivity contribution in [3.63, 3.8) is 0 Å². The van der Waals surface area contributed by atoms with E-state index in [0.717, 1.165) is 16.5 Å². The minimum atomic E-state index is -0.163. The van der Waals surface area contributed by atoms with Crippen molar-refractivity contribution in [3.05, 3.63) is 22.8 Å². The summed E-state index contributed by atoms with van der Waals surface area (Å²) in [5, 5.41) is 10.0. The Morgan fingerprint density at radius 2 is 2.44 bits per heavy atom. The van der Waals surface area contributed by atoms with Gasteiger partial charge in [-0.3, -0.25) is 5.32 Å². The number of urea groups is 1. The Kier molecular flexibility index (Phi) is 4.21. The maximum Gasteiger partial charge on any atom is 0.322 e. The van der Waals surface area contributed by atoms with Crippen molar-refractivity contribution < 1.29 is 4.79 Å². The second-order valence-electron chi connectivity index (χ2n) is 3.86. The number of rotatable bonds is 4.